The third-order valence-electron chi connectivity index (χ3n) is 3.42. The molecule has 1 aromatic rings. The number of H-pyrrole nitrogens is 1. The Morgan fingerprint density at radius 2 is 2.06 bits per heavy atom. The minimum Gasteiger partial charge on any atom is -0.297 e. The topological polar surface area (TPSA) is 54.9 Å². The highest BCUT2D eigenvalue weighted by Gasteiger charge is 2.22. The zero-order chi connectivity index (χ0) is 12.6. The lowest BCUT2D eigenvalue weighted by Crippen LogP contribution is -2.40. The fraction of sp³-hybridized carbons (Fsp3) is 0.667. The summed E-state index contributed by atoms with van der Waals surface area (Å²) < 4.78 is 1.30. The molecule has 1 aromatic heterocycles. The lowest BCUT2D eigenvalue weighted by atomic mass is 9.85. The Labute approximate surface area is 105 Å². The first-order valence-corrected chi connectivity index (χ1v) is 6.41. The first-order chi connectivity index (χ1) is 8.00. The lowest BCUT2D eigenvalue weighted by Gasteiger charge is -2.25. The van der Waals surface area contributed by atoms with Crippen LogP contribution in [0.25, 0.3) is 0 Å². The predicted molar refractivity (Wildman–Crippen MR) is 67.8 cm³/mol. The number of aromatic nitrogens is 2. The maximum absolute atomic E-state index is 12.2. The molecule has 1 saturated carbocycles. The molecule has 0 bridgehead atoms. The summed E-state index contributed by atoms with van der Waals surface area (Å²) in [6, 6.07) is 0. The zero-order valence-corrected chi connectivity index (χ0v) is 10.9. The first-order valence-electron chi connectivity index (χ1n) is 6.03. The Morgan fingerprint density at radius 3 is 2.53 bits per heavy atom. The van der Waals surface area contributed by atoms with E-state index < -0.39 is 5.69 Å². The highest BCUT2D eigenvalue weighted by Crippen LogP contribution is 2.27. The van der Waals surface area contributed by atoms with Gasteiger partial charge in [-0.15, -0.1) is 0 Å². The molecule has 1 aliphatic rings. The Bertz CT molecular complexity index is 526. The molecule has 4 nitrogen and oxygen atoms in total. The summed E-state index contributed by atoms with van der Waals surface area (Å²) in [5, 5.41) is 0.180. The summed E-state index contributed by atoms with van der Waals surface area (Å²) >= 11 is 5.92. The fourth-order valence-electron chi connectivity index (χ4n) is 2.16. The summed E-state index contributed by atoms with van der Waals surface area (Å²) in [4.78, 5) is 26.5. The minimum atomic E-state index is -0.392. The van der Waals surface area contributed by atoms with E-state index in [4.69, 9.17) is 11.6 Å². The van der Waals surface area contributed by atoms with Gasteiger partial charge in [0.25, 0.3) is 5.56 Å². The summed E-state index contributed by atoms with van der Waals surface area (Å²) in [5.74, 6) is 0.481. The van der Waals surface area contributed by atoms with E-state index in [0.717, 1.165) is 12.8 Å². The third-order valence-corrected chi connectivity index (χ3v) is 3.71. The number of hydrogen-bond donors (Lipinski definition) is 1. The van der Waals surface area contributed by atoms with Gasteiger partial charge in [-0.3, -0.25) is 14.3 Å². The third kappa shape index (κ3) is 2.32. The van der Waals surface area contributed by atoms with Crippen LogP contribution in [0.15, 0.2) is 9.59 Å². The second-order valence-electron chi connectivity index (χ2n) is 5.03. The molecule has 1 aliphatic carbocycles. The Balaban J connectivity index is 2.47. The number of nitrogens with one attached hydrogen (secondary N) is 1. The Hall–Kier alpha value is -1.03. The molecule has 1 fully saturated rings. The van der Waals surface area contributed by atoms with Crippen molar-refractivity contribution in [3.8, 4) is 0 Å². The van der Waals surface area contributed by atoms with Crippen LogP contribution in [0.2, 0.25) is 5.15 Å². The average molecular weight is 257 g/mol. The number of hydrogen-bond acceptors (Lipinski definition) is 2. The van der Waals surface area contributed by atoms with E-state index in [-0.39, 0.29) is 16.6 Å². The van der Waals surface area contributed by atoms with Crippen molar-refractivity contribution in [2.24, 2.45) is 5.92 Å². The predicted octanol–water partition coefficient (Wildman–Crippen LogP) is 2.11. The molecule has 17 heavy (non-hydrogen) atoms. The van der Waals surface area contributed by atoms with Crippen molar-refractivity contribution in [1.29, 1.82) is 0 Å². The van der Waals surface area contributed by atoms with Crippen molar-refractivity contribution in [3.63, 3.8) is 0 Å². The van der Waals surface area contributed by atoms with Crippen molar-refractivity contribution in [2.45, 2.75) is 45.6 Å². The molecule has 5 heteroatoms. The normalized spacial score (nSPS) is 16.2. The van der Waals surface area contributed by atoms with Crippen LogP contribution >= 0.6 is 11.6 Å². The van der Waals surface area contributed by atoms with Crippen molar-refractivity contribution in [2.75, 3.05) is 0 Å². The van der Waals surface area contributed by atoms with Crippen LogP contribution < -0.4 is 11.2 Å². The summed E-state index contributed by atoms with van der Waals surface area (Å²) in [6.45, 7) is 4.31. The van der Waals surface area contributed by atoms with Crippen LogP contribution in [-0.2, 0) is 6.54 Å². The maximum Gasteiger partial charge on any atom is 0.329 e. The number of rotatable bonds is 3. The molecule has 0 atom stereocenters. The molecule has 94 valence electrons. The van der Waals surface area contributed by atoms with Gasteiger partial charge in [-0.25, -0.2) is 4.79 Å². The van der Waals surface area contributed by atoms with Gasteiger partial charge in [0.15, 0.2) is 0 Å². The number of nitrogens with zero attached hydrogens (tertiary/aromatic N) is 1. The monoisotopic (exact) mass is 256 g/mol. The molecule has 1 heterocycles. The van der Waals surface area contributed by atoms with Crippen LogP contribution in [0.3, 0.4) is 0 Å². The lowest BCUT2D eigenvalue weighted by molar-refractivity contribution is 0.269. The molecule has 0 radical (unpaired) electrons. The van der Waals surface area contributed by atoms with Crippen LogP contribution in [0.4, 0.5) is 0 Å². The van der Waals surface area contributed by atoms with E-state index in [9.17, 15) is 9.59 Å². The maximum atomic E-state index is 12.2. The van der Waals surface area contributed by atoms with E-state index in [0.29, 0.717) is 18.0 Å². The minimum absolute atomic E-state index is 0.0134. The van der Waals surface area contributed by atoms with Crippen molar-refractivity contribution < 1.29 is 0 Å². The summed E-state index contributed by atoms with van der Waals surface area (Å²) in [5.41, 5.74) is -0.123. The van der Waals surface area contributed by atoms with Crippen molar-refractivity contribution >= 4 is 11.6 Å². The molecule has 0 aromatic carbocycles. The molecule has 1 N–H and O–H groups in total. The highest BCUT2D eigenvalue weighted by molar-refractivity contribution is 6.30. The SMILES string of the molecule is CC(C)c1c(Cl)[nH]c(=O)n(CC2CCC2)c1=O. The van der Waals surface area contributed by atoms with Crippen molar-refractivity contribution in [1.82, 2.24) is 9.55 Å². The molecular formula is C12H17ClN2O2. The quantitative estimate of drug-likeness (QED) is 0.843. The number of halogens is 1. The van der Waals surface area contributed by atoms with Gasteiger partial charge in [0, 0.05) is 6.54 Å². The van der Waals surface area contributed by atoms with E-state index in [1.54, 1.807) is 0 Å². The van der Waals surface area contributed by atoms with Crippen LogP contribution in [0.5, 0.6) is 0 Å². The van der Waals surface area contributed by atoms with Gasteiger partial charge in [-0.2, -0.15) is 0 Å². The largest absolute Gasteiger partial charge is 0.329 e. The Kier molecular flexibility index (Phi) is 3.43. The second kappa shape index (κ2) is 4.69. The van der Waals surface area contributed by atoms with Crippen LogP contribution in [0.1, 0.15) is 44.6 Å². The average Bonchev–Trinajstić information content (AvgIpc) is 2.12. The van der Waals surface area contributed by atoms with Crippen LogP contribution in [0, 0.1) is 5.92 Å². The van der Waals surface area contributed by atoms with E-state index >= 15 is 0 Å². The standard InChI is InChI=1S/C12H17ClN2O2/c1-7(2)9-10(13)14-12(17)15(11(9)16)6-8-4-3-5-8/h7-8H,3-6H2,1-2H3,(H,14,17). The molecule has 0 amide bonds. The van der Waals surface area contributed by atoms with Gasteiger partial charge in [-0.1, -0.05) is 31.9 Å². The molecule has 0 aliphatic heterocycles. The van der Waals surface area contributed by atoms with Crippen molar-refractivity contribution in [3.05, 3.63) is 31.6 Å². The van der Waals surface area contributed by atoms with Gasteiger partial charge >= 0.3 is 5.69 Å². The summed E-state index contributed by atoms with van der Waals surface area (Å²) in [6.07, 6.45) is 3.40. The van der Waals surface area contributed by atoms with Gasteiger partial charge in [-0.05, 0) is 24.7 Å². The van der Waals surface area contributed by atoms with Gasteiger partial charge in [0.2, 0.25) is 0 Å². The van der Waals surface area contributed by atoms with Gasteiger partial charge in [0.1, 0.15) is 5.15 Å². The summed E-state index contributed by atoms with van der Waals surface area (Å²) in [7, 11) is 0. The molecule has 0 unspecified atom stereocenters. The fourth-order valence-corrected chi connectivity index (χ4v) is 2.54. The molecule has 0 saturated heterocycles. The van der Waals surface area contributed by atoms with Gasteiger partial charge in [0.05, 0.1) is 5.56 Å². The second-order valence-corrected chi connectivity index (χ2v) is 5.40. The smallest absolute Gasteiger partial charge is 0.297 e. The van der Waals surface area contributed by atoms with Gasteiger partial charge < -0.3 is 0 Å². The van der Waals surface area contributed by atoms with Crippen LogP contribution in [-0.4, -0.2) is 9.55 Å². The molecular weight excluding hydrogens is 240 g/mol. The van der Waals surface area contributed by atoms with E-state index in [1.807, 2.05) is 13.8 Å². The number of aromatic amines is 1. The van der Waals surface area contributed by atoms with E-state index in [2.05, 4.69) is 4.98 Å². The first kappa shape index (κ1) is 12.4. The van der Waals surface area contributed by atoms with E-state index in [1.165, 1.54) is 11.0 Å². The Morgan fingerprint density at radius 1 is 1.41 bits per heavy atom. The molecule has 2 rings (SSSR count). The zero-order valence-electron chi connectivity index (χ0n) is 10.1. The molecule has 0 spiro atoms. The highest BCUT2D eigenvalue weighted by atomic mass is 35.5.